The first-order valence-corrected chi connectivity index (χ1v) is 7.27. The number of H-pyrrole nitrogens is 1. The number of aromatic nitrogens is 2. The Morgan fingerprint density at radius 3 is 2.10 bits per heavy atom. The maximum atomic E-state index is 12.9. The predicted molar refractivity (Wildman–Crippen MR) is 88.0 cm³/mol. The molecule has 0 spiro atoms. The quantitative estimate of drug-likeness (QED) is 0.626. The van der Waals surface area contributed by atoms with Crippen molar-refractivity contribution in [2.24, 2.45) is 0 Å². The molecule has 0 aliphatic heterocycles. The van der Waals surface area contributed by atoms with E-state index in [1.807, 2.05) is 38.1 Å². The smallest absolute Gasteiger partial charge is 0.137 e. The van der Waals surface area contributed by atoms with Gasteiger partial charge in [-0.25, -0.2) is 9.37 Å². The molecule has 3 rings (SSSR count). The minimum absolute atomic E-state index is 0.243. The Hall–Kier alpha value is -2.07. The average molecular weight is 300 g/mol. The summed E-state index contributed by atoms with van der Waals surface area (Å²) >= 11 is 4.25. The first-order chi connectivity index (χ1) is 10.2. The summed E-state index contributed by atoms with van der Waals surface area (Å²) < 4.78 is 12.9. The van der Waals surface area contributed by atoms with Gasteiger partial charge < -0.3 is 4.98 Å². The second-order valence-electron chi connectivity index (χ2n) is 4.20. The monoisotopic (exact) mass is 300 g/mol. The van der Waals surface area contributed by atoms with Gasteiger partial charge in [-0.1, -0.05) is 26.0 Å². The van der Waals surface area contributed by atoms with Crippen molar-refractivity contribution in [1.82, 2.24) is 9.97 Å². The maximum Gasteiger partial charge on any atom is 0.137 e. The zero-order valence-corrected chi connectivity index (χ0v) is 12.9. The van der Waals surface area contributed by atoms with Gasteiger partial charge in [0, 0.05) is 10.5 Å². The highest BCUT2D eigenvalue weighted by molar-refractivity contribution is 7.80. The van der Waals surface area contributed by atoms with Crippen molar-refractivity contribution < 1.29 is 4.39 Å². The van der Waals surface area contributed by atoms with Crippen molar-refractivity contribution in [3.05, 3.63) is 60.5 Å². The summed E-state index contributed by atoms with van der Waals surface area (Å²) in [6.45, 7) is 4.00. The molecule has 1 N–H and O–H groups in total. The highest BCUT2D eigenvalue weighted by atomic mass is 32.1. The Balaban J connectivity index is 0.000000774. The van der Waals surface area contributed by atoms with E-state index in [0.29, 0.717) is 0 Å². The summed E-state index contributed by atoms with van der Waals surface area (Å²) in [5.41, 5.74) is 2.77. The molecular formula is C17H17FN2S. The molecule has 0 saturated heterocycles. The molecule has 2 aromatic carbocycles. The largest absolute Gasteiger partial charge is 0.338 e. The van der Waals surface area contributed by atoms with E-state index in [2.05, 4.69) is 22.6 Å². The van der Waals surface area contributed by atoms with Crippen molar-refractivity contribution in [2.45, 2.75) is 18.7 Å². The zero-order chi connectivity index (χ0) is 15.2. The molecule has 0 aliphatic carbocycles. The van der Waals surface area contributed by atoms with Gasteiger partial charge in [-0.15, -0.1) is 12.6 Å². The number of nitrogens with zero attached hydrogens (tertiary/aromatic N) is 1. The van der Waals surface area contributed by atoms with Crippen LogP contribution in [0.1, 0.15) is 13.8 Å². The number of imidazole rings is 1. The van der Waals surface area contributed by atoms with Crippen LogP contribution in [0.4, 0.5) is 4.39 Å². The summed E-state index contributed by atoms with van der Waals surface area (Å²) in [7, 11) is 0. The van der Waals surface area contributed by atoms with Gasteiger partial charge >= 0.3 is 0 Å². The van der Waals surface area contributed by atoms with Crippen LogP contribution in [0, 0.1) is 5.82 Å². The molecule has 0 saturated carbocycles. The van der Waals surface area contributed by atoms with Gasteiger partial charge in [0.1, 0.15) is 11.6 Å². The number of aromatic amines is 1. The molecule has 0 aliphatic rings. The van der Waals surface area contributed by atoms with Gasteiger partial charge in [0.25, 0.3) is 0 Å². The number of hydrogen-bond acceptors (Lipinski definition) is 2. The predicted octanol–water partition coefficient (Wildman–Crippen LogP) is 5.20. The number of thiol groups is 1. The number of nitrogens with one attached hydrogen (secondary N) is 1. The van der Waals surface area contributed by atoms with Crippen LogP contribution in [0.15, 0.2) is 59.6 Å². The first-order valence-electron chi connectivity index (χ1n) is 6.83. The molecule has 0 unspecified atom stereocenters. The molecule has 2 nitrogen and oxygen atoms in total. The van der Waals surface area contributed by atoms with E-state index in [-0.39, 0.29) is 5.82 Å². The van der Waals surface area contributed by atoms with Crippen molar-refractivity contribution >= 4 is 12.6 Å². The Bertz CT molecular complexity index is 628. The van der Waals surface area contributed by atoms with E-state index >= 15 is 0 Å². The van der Waals surface area contributed by atoms with Crippen LogP contribution in [0.5, 0.6) is 0 Å². The van der Waals surface area contributed by atoms with Crippen LogP contribution in [0.25, 0.3) is 22.6 Å². The molecule has 0 radical (unpaired) electrons. The van der Waals surface area contributed by atoms with E-state index in [0.717, 1.165) is 27.5 Å². The van der Waals surface area contributed by atoms with Crippen LogP contribution in [-0.2, 0) is 0 Å². The average Bonchev–Trinajstić information content (AvgIpc) is 3.01. The minimum Gasteiger partial charge on any atom is -0.338 e. The van der Waals surface area contributed by atoms with E-state index in [9.17, 15) is 4.39 Å². The summed E-state index contributed by atoms with van der Waals surface area (Å²) in [5, 5.41) is 0. The normalized spacial score (nSPS) is 9.90. The minimum atomic E-state index is -0.243. The lowest BCUT2D eigenvalue weighted by Gasteiger charge is -1.98. The van der Waals surface area contributed by atoms with Crippen LogP contribution < -0.4 is 0 Å². The molecular weight excluding hydrogens is 283 g/mol. The van der Waals surface area contributed by atoms with E-state index in [1.54, 1.807) is 18.3 Å². The lowest BCUT2D eigenvalue weighted by Crippen LogP contribution is -1.81. The van der Waals surface area contributed by atoms with Crippen molar-refractivity contribution in [3.63, 3.8) is 0 Å². The molecule has 1 aromatic heterocycles. The van der Waals surface area contributed by atoms with Crippen LogP contribution in [0.3, 0.4) is 0 Å². The molecule has 1 heterocycles. The van der Waals surface area contributed by atoms with E-state index < -0.39 is 0 Å². The third-order valence-electron chi connectivity index (χ3n) is 2.87. The summed E-state index contributed by atoms with van der Waals surface area (Å²) in [6, 6.07) is 14.1. The summed E-state index contributed by atoms with van der Waals surface area (Å²) in [5.74, 6) is 0.542. The zero-order valence-electron chi connectivity index (χ0n) is 12.0. The third kappa shape index (κ3) is 3.73. The lowest BCUT2D eigenvalue weighted by molar-refractivity contribution is 0.628. The molecule has 108 valence electrons. The van der Waals surface area contributed by atoms with Crippen LogP contribution in [-0.4, -0.2) is 9.97 Å². The molecule has 21 heavy (non-hydrogen) atoms. The molecule has 0 amide bonds. The Labute approximate surface area is 129 Å². The topological polar surface area (TPSA) is 28.7 Å². The SMILES string of the molecule is CC.Fc1ccc(-c2cnc(-c3ccc(S)cc3)[nH]2)cc1. The second-order valence-corrected chi connectivity index (χ2v) is 4.72. The lowest BCUT2D eigenvalue weighted by atomic mass is 10.2. The first kappa shape index (κ1) is 15.3. The van der Waals surface area contributed by atoms with Gasteiger partial charge in [-0.3, -0.25) is 0 Å². The third-order valence-corrected chi connectivity index (χ3v) is 3.17. The van der Waals surface area contributed by atoms with Gasteiger partial charge in [0.15, 0.2) is 0 Å². The highest BCUT2D eigenvalue weighted by Gasteiger charge is 2.05. The standard InChI is InChI=1S/C15H11FN2S.C2H6/c16-12-5-1-10(2-6-12)14-9-17-15(18-14)11-3-7-13(19)8-4-11;1-2/h1-9,19H,(H,17,18);1-2H3. The van der Waals surface area contributed by atoms with E-state index in [4.69, 9.17) is 0 Å². The van der Waals surface area contributed by atoms with E-state index in [1.165, 1.54) is 12.1 Å². The Morgan fingerprint density at radius 2 is 1.48 bits per heavy atom. The van der Waals surface area contributed by atoms with Crippen molar-refractivity contribution in [2.75, 3.05) is 0 Å². The van der Waals surface area contributed by atoms with Crippen molar-refractivity contribution in [3.8, 4) is 22.6 Å². The fourth-order valence-electron chi connectivity index (χ4n) is 1.86. The summed E-state index contributed by atoms with van der Waals surface area (Å²) in [4.78, 5) is 8.48. The number of rotatable bonds is 2. The number of hydrogen-bond donors (Lipinski definition) is 2. The Kier molecular flexibility index (Phi) is 5.17. The molecule has 0 fully saturated rings. The fraction of sp³-hybridized carbons (Fsp3) is 0.118. The molecule has 4 heteroatoms. The van der Waals surface area contributed by atoms with Gasteiger partial charge in [-0.2, -0.15) is 0 Å². The van der Waals surface area contributed by atoms with Gasteiger partial charge in [0.2, 0.25) is 0 Å². The number of benzene rings is 2. The maximum absolute atomic E-state index is 12.9. The number of halogens is 1. The summed E-state index contributed by atoms with van der Waals surface area (Å²) in [6.07, 6.45) is 1.75. The Morgan fingerprint density at radius 1 is 0.905 bits per heavy atom. The molecule has 0 bridgehead atoms. The fourth-order valence-corrected chi connectivity index (χ4v) is 2.01. The highest BCUT2D eigenvalue weighted by Crippen LogP contribution is 2.23. The molecule has 3 aromatic rings. The van der Waals surface area contributed by atoms with Crippen LogP contribution in [0.2, 0.25) is 0 Å². The molecule has 0 atom stereocenters. The van der Waals surface area contributed by atoms with Crippen molar-refractivity contribution in [1.29, 1.82) is 0 Å². The second kappa shape index (κ2) is 7.09. The van der Waals surface area contributed by atoms with Gasteiger partial charge in [-0.05, 0) is 42.0 Å². The van der Waals surface area contributed by atoms with Crippen LogP contribution >= 0.6 is 12.6 Å². The van der Waals surface area contributed by atoms with Gasteiger partial charge in [0.05, 0.1) is 11.9 Å².